The van der Waals surface area contributed by atoms with Crippen molar-refractivity contribution in [2.75, 3.05) is 0 Å². The molecule has 0 atom stereocenters. The number of hydrogen-bond acceptors (Lipinski definition) is 4. The Balaban J connectivity index is 2.41. The van der Waals surface area contributed by atoms with Gasteiger partial charge >= 0.3 is 0 Å². The zero-order valence-electron chi connectivity index (χ0n) is 16.9. The maximum absolute atomic E-state index is 12.9. The lowest BCUT2D eigenvalue weighted by molar-refractivity contribution is 0.591. The summed E-state index contributed by atoms with van der Waals surface area (Å²) in [4.78, 5) is 51.8. The lowest BCUT2D eigenvalue weighted by atomic mass is 9.78. The number of benzene rings is 4. The topological polar surface area (TPSA) is 68.3 Å². The molecule has 2 aliphatic carbocycles. The maximum Gasteiger partial charge on any atom is 0.234 e. The lowest BCUT2D eigenvalue weighted by Gasteiger charge is -2.24. The average molecular weight is 374 g/mol. The first kappa shape index (κ1) is 18.5. The van der Waals surface area contributed by atoms with Crippen LogP contribution in [0.25, 0.3) is 32.7 Å². The van der Waals surface area contributed by atoms with Crippen LogP contribution in [0.1, 0.15) is 52.7 Å². The van der Waals surface area contributed by atoms with Gasteiger partial charge in [-0.15, -0.1) is 0 Å². The Morgan fingerprint density at radius 1 is 0.464 bits per heavy atom. The summed E-state index contributed by atoms with van der Waals surface area (Å²) < 4.78 is 0. The number of rotatable bonds is 0. The van der Waals surface area contributed by atoms with Crippen LogP contribution in [0.5, 0.6) is 0 Å². The molecule has 0 aliphatic heterocycles. The summed E-state index contributed by atoms with van der Waals surface area (Å²) in [7, 11) is 0. The minimum atomic E-state index is -0.617. The summed E-state index contributed by atoms with van der Waals surface area (Å²) in [6.07, 6.45) is 0. The molecule has 142 valence electrons. The third-order valence-electron chi connectivity index (χ3n) is 5.65. The van der Waals surface area contributed by atoms with Crippen molar-refractivity contribution in [1.82, 2.24) is 0 Å². The predicted molar refractivity (Wildman–Crippen MR) is 114 cm³/mol. The smallest absolute Gasteiger partial charge is 0.234 e. The van der Waals surface area contributed by atoms with Gasteiger partial charge in [-0.05, 0) is 46.2 Å². The summed E-state index contributed by atoms with van der Waals surface area (Å²) in [6.45, 7) is 11.8. The van der Waals surface area contributed by atoms with Crippen LogP contribution in [-0.4, -0.2) is 0 Å². The molecular weight excluding hydrogens is 352 g/mol. The third kappa shape index (κ3) is 2.37. The Labute approximate surface area is 161 Å². The van der Waals surface area contributed by atoms with Crippen molar-refractivity contribution in [3.05, 3.63) is 76.3 Å². The minimum absolute atomic E-state index is 0.227. The van der Waals surface area contributed by atoms with E-state index in [0.717, 1.165) is 11.1 Å². The fourth-order valence-corrected chi connectivity index (χ4v) is 3.89. The first-order chi connectivity index (χ1) is 12.8. The molecule has 4 nitrogen and oxygen atoms in total. The summed E-state index contributed by atoms with van der Waals surface area (Å²) in [6, 6.07) is 6.80. The highest BCUT2D eigenvalue weighted by Crippen LogP contribution is 2.39. The SMILES string of the molecule is CC(C)(C)c1cc2c3c(c1)c(=O)c(=O)c1cc(C(C)(C)C)cc(c1-3)c(=O)c2=O. The molecule has 0 amide bonds. The van der Waals surface area contributed by atoms with E-state index in [2.05, 4.69) is 0 Å². The van der Waals surface area contributed by atoms with E-state index in [9.17, 15) is 19.2 Å². The van der Waals surface area contributed by atoms with E-state index < -0.39 is 21.7 Å². The van der Waals surface area contributed by atoms with Gasteiger partial charge in [0.1, 0.15) is 0 Å². The molecule has 0 bridgehead atoms. The highest BCUT2D eigenvalue weighted by Gasteiger charge is 2.29. The minimum Gasteiger partial charge on any atom is -0.285 e. The van der Waals surface area contributed by atoms with Crippen LogP contribution >= 0.6 is 0 Å². The van der Waals surface area contributed by atoms with Gasteiger partial charge in [-0.2, -0.15) is 0 Å². The van der Waals surface area contributed by atoms with Gasteiger partial charge in [-0.25, -0.2) is 0 Å². The fourth-order valence-electron chi connectivity index (χ4n) is 3.89. The van der Waals surface area contributed by atoms with E-state index in [1.807, 2.05) is 41.5 Å². The van der Waals surface area contributed by atoms with E-state index in [-0.39, 0.29) is 32.4 Å². The molecule has 0 saturated heterocycles. The van der Waals surface area contributed by atoms with Crippen LogP contribution in [0.3, 0.4) is 0 Å². The Hall–Kier alpha value is -2.88. The van der Waals surface area contributed by atoms with Crippen molar-refractivity contribution < 1.29 is 0 Å². The fraction of sp³-hybridized carbons (Fsp3) is 0.333. The predicted octanol–water partition coefficient (Wildman–Crippen LogP) is 3.45. The van der Waals surface area contributed by atoms with Gasteiger partial charge < -0.3 is 0 Å². The first-order valence-corrected chi connectivity index (χ1v) is 9.38. The van der Waals surface area contributed by atoms with E-state index in [0.29, 0.717) is 11.1 Å². The molecule has 0 radical (unpaired) electrons. The highest BCUT2D eigenvalue weighted by atomic mass is 16.2. The Morgan fingerprint density at radius 3 is 0.857 bits per heavy atom. The summed E-state index contributed by atoms with van der Waals surface area (Å²) >= 11 is 0. The zero-order valence-corrected chi connectivity index (χ0v) is 16.9. The molecular formula is C24H22O4. The molecule has 0 spiro atoms. The molecule has 0 N–H and O–H groups in total. The molecule has 0 aromatic heterocycles. The van der Waals surface area contributed by atoms with Crippen LogP contribution in [0, 0.1) is 0 Å². The Bertz CT molecular complexity index is 1230. The van der Waals surface area contributed by atoms with Gasteiger partial charge in [0, 0.05) is 32.7 Å². The molecule has 0 fully saturated rings. The largest absolute Gasteiger partial charge is 0.285 e. The number of hydrogen-bond donors (Lipinski definition) is 0. The van der Waals surface area contributed by atoms with E-state index in [4.69, 9.17) is 0 Å². The molecule has 4 heteroatoms. The molecule has 0 saturated carbocycles. The molecule has 2 aromatic rings. The van der Waals surface area contributed by atoms with Crippen LogP contribution in [-0.2, 0) is 10.8 Å². The molecule has 28 heavy (non-hydrogen) atoms. The summed E-state index contributed by atoms with van der Waals surface area (Å²) in [5, 5.41) is 0.909. The van der Waals surface area contributed by atoms with Crippen LogP contribution in [0.2, 0.25) is 0 Å². The van der Waals surface area contributed by atoms with Crippen molar-refractivity contribution >= 4 is 21.5 Å². The molecule has 2 aromatic carbocycles. The van der Waals surface area contributed by atoms with Crippen molar-refractivity contribution in [3.8, 4) is 11.1 Å². The normalized spacial score (nSPS) is 13.2. The molecule has 2 aliphatic rings. The van der Waals surface area contributed by atoms with E-state index >= 15 is 0 Å². The quantitative estimate of drug-likeness (QED) is 0.349. The van der Waals surface area contributed by atoms with Crippen LogP contribution in [0.4, 0.5) is 0 Å². The lowest BCUT2D eigenvalue weighted by Crippen LogP contribution is -2.32. The summed E-state index contributed by atoms with van der Waals surface area (Å²) in [5.74, 6) is 0. The molecule has 0 heterocycles. The standard InChI is InChI=1S/C24H22O4/c1-23(2,3)11-7-13-17-14(8-11)20(26)22(28)16-10-12(24(4,5)6)9-15(18(16)17)21(27)19(13)25/h7-10H,1-6H3. The highest BCUT2D eigenvalue weighted by molar-refractivity contribution is 6.11. The van der Waals surface area contributed by atoms with E-state index in [1.165, 1.54) is 0 Å². The second-order valence-electron chi connectivity index (χ2n) is 9.71. The van der Waals surface area contributed by atoms with Crippen molar-refractivity contribution in [2.45, 2.75) is 52.4 Å². The van der Waals surface area contributed by atoms with E-state index in [1.54, 1.807) is 24.3 Å². The molecule has 4 rings (SSSR count). The zero-order chi connectivity index (χ0) is 20.8. The van der Waals surface area contributed by atoms with Gasteiger partial charge in [0.15, 0.2) is 0 Å². The molecule has 0 unspecified atom stereocenters. The van der Waals surface area contributed by atoms with Gasteiger partial charge in [-0.3, -0.25) is 19.2 Å². The van der Waals surface area contributed by atoms with Gasteiger partial charge in [-0.1, -0.05) is 41.5 Å². The summed E-state index contributed by atoms with van der Waals surface area (Å²) in [5.41, 5.74) is -0.765. The average Bonchev–Trinajstić information content (AvgIpc) is 2.60. The Kier molecular flexibility index (Phi) is 3.53. The second-order valence-corrected chi connectivity index (χ2v) is 9.71. The second kappa shape index (κ2) is 5.34. The van der Waals surface area contributed by atoms with Gasteiger partial charge in [0.2, 0.25) is 21.7 Å². The van der Waals surface area contributed by atoms with Crippen molar-refractivity contribution in [3.63, 3.8) is 0 Å². The maximum atomic E-state index is 12.9. The van der Waals surface area contributed by atoms with Gasteiger partial charge in [0.05, 0.1) is 0 Å². The third-order valence-corrected chi connectivity index (χ3v) is 5.65. The van der Waals surface area contributed by atoms with Crippen molar-refractivity contribution in [2.24, 2.45) is 0 Å². The van der Waals surface area contributed by atoms with Crippen LogP contribution in [0.15, 0.2) is 43.4 Å². The van der Waals surface area contributed by atoms with Crippen molar-refractivity contribution in [1.29, 1.82) is 0 Å². The Morgan fingerprint density at radius 2 is 0.679 bits per heavy atom. The monoisotopic (exact) mass is 374 g/mol. The first-order valence-electron chi connectivity index (χ1n) is 9.38. The van der Waals surface area contributed by atoms with Gasteiger partial charge in [0.25, 0.3) is 0 Å². The van der Waals surface area contributed by atoms with Crippen LogP contribution < -0.4 is 21.7 Å².